The highest BCUT2D eigenvalue weighted by Gasteiger charge is 2.06. The van der Waals surface area contributed by atoms with Crippen LogP contribution in [-0.4, -0.2) is 12.5 Å². The third kappa shape index (κ3) is 4.32. The van der Waals surface area contributed by atoms with Crippen LogP contribution in [0.25, 0.3) is 0 Å². The summed E-state index contributed by atoms with van der Waals surface area (Å²) in [5.41, 5.74) is 3.89. The van der Waals surface area contributed by atoms with E-state index in [9.17, 15) is 9.18 Å². The van der Waals surface area contributed by atoms with Gasteiger partial charge in [0, 0.05) is 30.8 Å². The van der Waals surface area contributed by atoms with E-state index in [1.807, 2.05) is 32.0 Å². The number of carbonyl (C=O) groups is 1. The first-order valence-electron chi connectivity index (χ1n) is 7.38. The molecule has 0 aliphatic rings. The molecule has 0 spiro atoms. The van der Waals surface area contributed by atoms with Crippen molar-refractivity contribution in [1.29, 1.82) is 0 Å². The highest BCUT2D eigenvalue weighted by atomic mass is 19.1. The van der Waals surface area contributed by atoms with E-state index < -0.39 is 0 Å². The van der Waals surface area contributed by atoms with Crippen LogP contribution in [0.3, 0.4) is 0 Å². The number of halogens is 1. The van der Waals surface area contributed by atoms with Gasteiger partial charge in [-0.1, -0.05) is 36.4 Å². The zero-order valence-electron chi connectivity index (χ0n) is 12.9. The number of anilines is 1. The number of rotatable bonds is 6. The maximum absolute atomic E-state index is 13.4. The summed E-state index contributed by atoms with van der Waals surface area (Å²) in [6, 6.07) is 12.5. The number of nitrogens with one attached hydrogen (secondary N) is 2. The second kappa shape index (κ2) is 7.59. The SMILES string of the molecule is Cc1cccc(C)c1NCCC(=O)NCc1ccccc1F. The fraction of sp³-hybridized carbons (Fsp3) is 0.278. The van der Waals surface area contributed by atoms with Gasteiger partial charge in [0.1, 0.15) is 5.82 Å². The Balaban J connectivity index is 1.78. The molecule has 4 heteroatoms. The van der Waals surface area contributed by atoms with Gasteiger partial charge in [0.25, 0.3) is 0 Å². The van der Waals surface area contributed by atoms with Gasteiger partial charge in [-0.15, -0.1) is 0 Å². The van der Waals surface area contributed by atoms with Crippen LogP contribution in [0.15, 0.2) is 42.5 Å². The van der Waals surface area contributed by atoms with Crippen molar-refractivity contribution in [3.05, 3.63) is 65.0 Å². The summed E-state index contributed by atoms with van der Waals surface area (Å²) in [7, 11) is 0. The van der Waals surface area contributed by atoms with Crippen molar-refractivity contribution in [3.63, 3.8) is 0 Å². The predicted octanol–water partition coefficient (Wildman–Crippen LogP) is 3.56. The number of hydrogen-bond acceptors (Lipinski definition) is 2. The van der Waals surface area contributed by atoms with E-state index in [0.29, 0.717) is 18.5 Å². The summed E-state index contributed by atoms with van der Waals surface area (Å²) >= 11 is 0. The smallest absolute Gasteiger partial charge is 0.222 e. The van der Waals surface area contributed by atoms with E-state index in [-0.39, 0.29) is 18.3 Å². The average Bonchev–Trinajstić information content (AvgIpc) is 2.49. The van der Waals surface area contributed by atoms with E-state index in [0.717, 1.165) is 16.8 Å². The molecule has 0 aromatic heterocycles. The van der Waals surface area contributed by atoms with Crippen LogP contribution in [0.5, 0.6) is 0 Å². The molecule has 2 aromatic carbocycles. The molecule has 0 radical (unpaired) electrons. The van der Waals surface area contributed by atoms with E-state index in [4.69, 9.17) is 0 Å². The quantitative estimate of drug-likeness (QED) is 0.856. The van der Waals surface area contributed by atoms with Crippen LogP contribution < -0.4 is 10.6 Å². The molecule has 2 rings (SSSR count). The molecule has 0 atom stereocenters. The first-order chi connectivity index (χ1) is 10.6. The van der Waals surface area contributed by atoms with E-state index >= 15 is 0 Å². The molecule has 22 heavy (non-hydrogen) atoms. The van der Waals surface area contributed by atoms with E-state index in [1.165, 1.54) is 6.07 Å². The van der Waals surface area contributed by atoms with Gasteiger partial charge in [0.2, 0.25) is 5.91 Å². The van der Waals surface area contributed by atoms with Crippen LogP contribution in [-0.2, 0) is 11.3 Å². The fourth-order valence-electron chi connectivity index (χ4n) is 2.32. The number of para-hydroxylation sites is 1. The predicted molar refractivity (Wildman–Crippen MR) is 87.3 cm³/mol. The second-order valence-corrected chi connectivity index (χ2v) is 5.31. The lowest BCUT2D eigenvalue weighted by atomic mass is 10.1. The Kier molecular flexibility index (Phi) is 5.53. The van der Waals surface area contributed by atoms with Crippen molar-refractivity contribution in [2.45, 2.75) is 26.8 Å². The Morgan fingerprint density at radius 1 is 1.05 bits per heavy atom. The molecule has 0 saturated heterocycles. The van der Waals surface area contributed by atoms with Gasteiger partial charge < -0.3 is 10.6 Å². The first-order valence-corrected chi connectivity index (χ1v) is 7.38. The van der Waals surface area contributed by atoms with Crippen molar-refractivity contribution < 1.29 is 9.18 Å². The number of amides is 1. The summed E-state index contributed by atoms with van der Waals surface area (Å²) < 4.78 is 13.4. The Morgan fingerprint density at radius 2 is 1.73 bits per heavy atom. The van der Waals surface area contributed by atoms with Gasteiger partial charge in [0.05, 0.1) is 0 Å². The van der Waals surface area contributed by atoms with Crippen molar-refractivity contribution >= 4 is 11.6 Å². The largest absolute Gasteiger partial charge is 0.384 e. The van der Waals surface area contributed by atoms with Gasteiger partial charge in [-0.05, 0) is 31.0 Å². The van der Waals surface area contributed by atoms with Gasteiger partial charge in [-0.3, -0.25) is 4.79 Å². The molecule has 1 amide bonds. The van der Waals surface area contributed by atoms with Crippen molar-refractivity contribution in [2.24, 2.45) is 0 Å². The van der Waals surface area contributed by atoms with Crippen LogP contribution in [0, 0.1) is 19.7 Å². The van der Waals surface area contributed by atoms with Crippen LogP contribution in [0.4, 0.5) is 10.1 Å². The summed E-state index contributed by atoms with van der Waals surface area (Å²) in [4.78, 5) is 11.8. The fourth-order valence-corrected chi connectivity index (χ4v) is 2.32. The first kappa shape index (κ1) is 16.0. The second-order valence-electron chi connectivity index (χ2n) is 5.31. The Morgan fingerprint density at radius 3 is 2.41 bits per heavy atom. The summed E-state index contributed by atoms with van der Waals surface area (Å²) in [5, 5.41) is 6.02. The molecule has 0 bridgehead atoms. The molecule has 116 valence electrons. The van der Waals surface area contributed by atoms with Gasteiger partial charge >= 0.3 is 0 Å². The van der Waals surface area contributed by atoms with E-state index in [1.54, 1.807) is 18.2 Å². The summed E-state index contributed by atoms with van der Waals surface area (Å²) in [5.74, 6) is -0.390. The monoisotopic (exact) mass is 300 g/mol. The molecule has 0 aliphatic carbocycles. The number of aryl methyl sites for hydroxylation is 2. The molecular formula is C18H21FN2O. The van der Waals surface area contributed by atoms with Gasteiger partial charge in [0.15, 0.2) is 0 Å². The third-order valence-electron chi connectivity index (χ3n) is 3.57. The topological polar surface area (TPSA) is 41.1 Å². The van der Waals surface area contributed by atoms with Gasteiger partial charge in [-0.25, -0.2) is 4.39 Å². The molecule has 2 N–H and O–H groups in total. The number of carbonyl (C=O) groups excluding carboxylic acids is 1. The molecule has 0 fully saturated rings. The van der Waals surface area contributed by atoms with E-state index in [2.05, 4.69) is 10.6 Å². The molecule has 0 aliphatic heterocycles. The lowest BCUT2D eigenvalue weighted by Crippen LogP contribution is -2.25. The highest BCUT2D eigenvalue weighted by molar-refractivity contribution is 5.76. The normalized spacial score (nSPS) is 10.3. The highest BCUT2D eigenvalue weighted by Crippen LogP contribution is 2.19. The minimum atomic E-state index is -0.295. The molecule has 0 saturated carbocycles. The van der Waals surface area contributed by atoms with Crippen LogP contribution >= 0.6 is 0 Å². The third-order valence-corrected chi connectivity index (χ3v) is 3.57. The Hall–Kier alpha value is -2.36. The Bertz CT molecular complexity index is 635. The maximum Gasteiger partial charge on any atom is 0.222 e. The standard InChI is InChI=1S/C18H21FN2O/c1-13-6-5-7-14(2)18(13)20-11-10-17(22)21-12-15-8-3-4-9-16(15)19/h3-9,20H,10-12H2,1-2H3,(H,21,22). The lowest BCUT2D eigenvalue weighted by molar-refractivity contribution is -0.121. The number of benzene rings is 2. The molecule has 3 nitrogen and oxygen atoms in total. The average molecular weight is 300 g/mol. The van der Waals surface area contributed by atoms with Gasteiger partial charge in [-0.2, -0.15) is 0 Å². The van der Waals surface area contributed by atoms with Crippen molar-refractivity contribution in [3.8, 4) is 0 Å². The molecular weight excluding hydrogens is 279 g/mol. The van der Waals surface area contributed by atoms with Crippen molar-refractivity contribution in [2.75, 3.05) is 11.9 Å². The zero-order chi connectivity index (χ0) is 15.9. The molecule has 0 heterocycles. The summed E-state index contributed by atoms with van der Waals surface area (Å²) in [6.45, 7) is 4.84. The van der Waals surface area contributed by atoms with Crippen LogP contribution in [0.2, 0.25) is 0 Å². The summed E-state index contributed by atoms with van der Waals surface area (Å²) in [6.07, 6.45) is 0.349. The maximum atomic E-state index is 13.4. The minimum absolute atomic E-state index is 0.0954. The van der Waals surface area contributed by atoms with Crippen LogP contribution in [0.1, 0.15) is 23.1 Å². The molecule has 0 unspecified atom stereocenters. The Labute approximate surface area is 130 Å². The zero-order valence-corrected chi connectivity index (χ0v) is 12.9. The lowest BCUT2D eigenvalue weighted by Gasteiger charge is -2.12. The number of hydrogen-bond donors (Lipinski definition) is 2. The minimum Gasteiger partial charge on any atom is -0.384 e. The van der Waals surface area contributed by atoms with Crippen molar-refractivity contribution in [1.82, 2.24) is 5.32 Å². The molecule has 2 aromatic rings.